The molecular formula is C17H28N2O. The standard InChI is InChI=1S/C17H28N2O/c1-4-18-11-15-8-9-17(20-3)16(10-15)13-19(2)12-14-6-5-7-14/h8-10,14,18H,4-7,11-13H2,1-3H3. The molecule has 0 radical (unpaired) electrons. The predicted octanol–water partition coefficient (Wildman–Crippen LogP) is 3.04. The van der Waals surface area contributed by atoms with E-state index < -0.39 is 0 Å². The Morgan fingerprint density at radius 3 is 2.75 bits per heavy atom. The van der Waals surface area contributed by atoms with Gasteiger partial charge in [-0.05, 0) is 50.0 Å². The van der Waals surface area contributed by atoms with Crippen LogP contribution in [0.2, 0.25) is 0 Å². The summed E-state index contributed by atoms with van der Waals surface area (Å²) < 4.78 is 5.50. The molecule has 3 nitrogen and oxygen atoms in total. The number of nitrogens with zero attached hydrogens (tertiary/aromatic N) is 1. The number of benzene rings is 1. The van der Waals surface area contributed by atoms with Crippen LogP contribution in [-0.2, 0) is 13.1 Å². The van der Waals surface area contributed by atoms with Gasteiger partial charge in [-0.3, -0.25) is 0 Å². The second-order valence-electron chi connectivity index (χ2n) is 5.92. The van der Waals surface area contributed by atoms with Crippen LogP contribution >= 0.6 is 0 Å². The van der Waals surface area contributed by atoms with Gasteiger partial charge in [0, 0.05) is 25.2 Å². The van der Waals surface area contributed by atoms with Crippen LogP contribution in [0.4, 0.5) is 0 Å². The molecule has 0 atom stereocenters. The van der Waals surface area contributed by atoms with Crippen LogP contribution in [0.1, 0.15) is 37.3 Å². The summed E-state index contributed by atoms with van der Waals surface area (Å²) in [6.07, 6.45) is 4.23. The van der Waals surface area contributed by atoms with E-state index in [-0.39, 0.29) is 0 Å². The zero-order chi connectivity index (χ0) is 14.4. The Morgan fingerprint density at radius 2 is 2.15 bits per heavy atom. The highest BCUT2D eigenvalue weighted by atomic mass is 16.5. The second kappa shape index (κ2) is 7.65. The first-order valence-electron chi connectivity index (χ1n) is 7.78. The van der Waals surface area contributed by atoms with Crippen LogP contribution in [0, 0.1) is 5.92 Å². The maximum absolute atomic E-state index is 5.50. The van der Waals surface area contributed by atoms with Crippen molar-refractivity contribution < 1.29 is 4.74 Å². The molecule has 1 aromatic carbocycles. The topological polar surface area (TPSA) is 24.5 Å². The van der Waals surface area contributed by atoms with Crippen molar-refractivity contribution in [2.45, 2.75) is 39.3 Å². The lowest BCUT2D eigenvalue weighted by Gasteiger charge is -2.30. The van der Waals surface area contributed by atoms with Crippen LogP contribution in [0.5, 0.6) is 5.75 Å². The van der Waals surface area contributed by atoms with E-state index in [0.717, 1.165) is 31.3 Å². The zero-order valence-corrected chi connectivity index (χ0v) is 13.1. The average Bonchev–Trinajstić information content (AvgIpc) is 2.41. The maximum atomic E-state index is 5.50. The molecule has 0 spiro atoms. The van der Waals surface area contributed by atoms with Gasteiger partial charge in [0.15, 0.2) is 0 Å². The first-order valence-corrected chi connectivity index (χ1v) is 7.78. The quantitative estimate of drug-likeness (QED) is 0.790. The summed E-state index contributed by atoms with van der Waals surface area (Å²) in [5.74, 6) is 1.92. The lowest BCUT2D eigenvalue weighted by molar-refractivity contribution is 0.199. The molecule has 1 aliphatic rings. The number of nitrogens with one attached hydrogen (secondary N) is 1. The molecule has 112 valence electrons. The maximum Gasteiger partial charge on any atom is 0.123 e. The molecule has 0 unspecified atom stereocenters. The van der Waals surface area contributed by atoms with Gasteiger partial charge in [0.1, 0.15) is 5.75 Å². The lowest BCUT2D eigenvalue weighted by Crippen LogP contribution is -2.29. The fourth-order valence-corrected chi connectivity index (χ4v) is 2.81. The van der Waals surface area contributed by atoms with Crippen molar-refractivity contribution in [3.05, 3.63) is 29.3 Å². The van der Waals surface area contributed by atoms with Crippen molar-refractivity contribution >= 4 is 0 Å². The molecule has 1 N–H and O–H groups in total. The highest BCUT2D eigenvalue weighted by molar-refractivity contribution is 5.37. The van der Waals surface area contributed by atoms with Gasteiger partial charge >= 0.3 is 0 Å². The van der Waals surface area contributed by atoms with E-state index in [1.807, 2.05) is 0 Å². The van der Waals surface area contributed by atoms with E-state index in [1.165, 1.54) is 36.9 Å². The summed E-state index contributed by atoms with van der Waals surface area (Å²) in [6, 6.07) is 6.52. The molecule has 1 fully saturated rings. The summed E-state index contributed by atoms with van der Waals surface area (Å²) in [5, 5.41) is 3.38. The molecule has 3 heteroatoms. The Labute approximate surface area is 123 Å². The minimum absolute atomic E-state index is 0.913. The molecule has 0 aliphatic heterocycles. The van der Waals surface area contributed by atoms with Gasteiger partial charge in [0.2, 0.25) is 0 Å². The number of rotatable bonds is 8. The van der Waals surface area contributed by atoms with Crippen molar-refractivity contribution in [1.29, 1.82) is 0 Å². The van der Waals surface area contributed by atoms with Crippen molar-refractivity contribution in [3.63, 3.8) is 0 Å². The Morgan fingerprint density at radius 1 is 1.35 bits per heavy atom. The SMILES string of the molecule is CCNCc1ccc(OC)c(CN(C)CC2CCC2)c1. The number of ether oxygens (including phenoxy) is 1. The lowest BCUT2D eigenvalue weighted by atomic mass is 9.85. The molecule has 0 amide bonds. The third-order valence-corrected chi connectivity index (χ3v) is 4.16. The van der Waals surface area contributed by atoms with Gasteiger partial charge in [0.25, 0.3) is 0 Å². The van der Waals surface area contributed by atoms with E-state index in [9.17, 15) is 0 Å². The fraction of sp³-hybridized carbons (Fsp3) is 0.647. The van der Waals surface area contributed by atoms with Crippen molar-refractivity contribution in [2.24, 2.45) is 5.92 Å². The average molecular weight is 276 g/mol. The molecule has 1 aromatic rings. The highest BCUT2D eigenvalue weighted by Gasteiger charge is 2.19. The van der Waals surface area contributed by atoms with Gasteiger partial charge in [-0.25, -0.2) is 0 Å². The van der Waals surface area contributed by atoms with E-state index in [4.69, 9.17) is 4.74 Å². The van der Waals surface area contributed by atoms with Gasteiger partial charge < -0.3 is 15.0 Å². The second-order valence-corrected chi connectivity index (χ2v) is 5.92. The highest BCUT2D eigenvalue weighted by Crippen LogP contribution is 2.28. The smallest absolute Gasteiger partial charge is 0.123 e. The Balaban J connectivity index is 1.98. The zero-order valence-electron chi connectivity index (χ0n) is 13.1. The minimum Gasteiger partial charge on any atom is -0.496 e. The summed E-state index contributed by atoms with van der Waals surface area (Å²) in [7, 11) is 3.98. The van der Waals surface area contributed by atoms with Gasteiger partial charge in [-0.1, -0.05) is 19.4 Å². The molecule has 1 saturated carbocycles. The van der Waals surface area contributed by atoms with Crippen LogP contribution in [0.25, 0.3) is 0 Å². The fourth-order valence-electron chi connectivity index (χ4n) is 2.81. The van der Waals surface area contributed by atoms with Gasteiger partial charge in [0.05, 0.1) is 7.11 Å². The normalized spacial score (nSPS) is 15.4. The van der Waals surface area contributed by atoms with Crippen LogP contribution in [-0.4, -0.2) is 32.1 Å². The van der Waals surface area contributed by atoms with E-state index in [2.05, 4.69) is 42.4 Å². The molecule has 1 aliphatic carbocycles. The predicted molar refractivity (Wildman–Crippen MR) is 84.0 cm³/mol. The number of methoxy groups -OCH3 is 1. The monoisotopic (exact) mass is 276 g/mol. The molecule has 20 heavy (non-hydrogen) atoms. The number of hydrogen-bond acceptors (Lipinski definition) is 3. The summed E-state index contributed by atoms with van der Waals surface area (Å²) in [6.45, 7) is 6.25. The Hall–Kier alpha value is -1.06. The third kappa shape index (κ3) is 4.22. The van der Waals surface area contributed by atoms with Crippen molar-refractivity contribution in [3.8, 4) is 5.75 Å². The summed E-state index contributed by atoms with van der Waals surface area (Å²) >= 11 is 0. The molecule has 0 aromatic heterocycles. The van der Waals surface area contributed by atoms with Crippen LogP contribution in [0.3, 0.4) is 0 Å². The third-order valence-electron chi connectivity index (χ3n) is 4.16. The van der Waals surface area contributed by atoms with Crippen LogP contribution in [0.15, 0.2) is 18.2 Å². The van der Waals surface area contributed by atoms with E-state index in [1.54, 1.807) is 7.11 Å². The molecule has 0 heterocycles. The Bertz CT molecular complexity index is 415. The minimum atomic E-state index is 0.913. The van der Waals surface area contributed by atoms with Crippen LogP contribution < -0.4 is 10.1 Å². The molecule has 0 bridgehead atoms. The Kier molecular flexibility index (Phi) is 5.86. The first-order chi connectivity index (χ1) is 9.72. The van der Waals surface area contributed by atoms with Gasteiger partial charge in [-0.15, -0.1) is 0 Å². The van der Waals surface area contributed by atoms with E-state index in [0.29, 0.717) is 0 Å². The summed E-state index contributed by atoms with van der Waals surface area (Å²) in [4.78, 5) is 2.43. The van der Waals surface area contributed by atoms with E-state index >= 15 is 0 Å². The van der Waals surface area contributed by atoms with Crippen molar-refractivity contribution in [2.75, 3.05) is 27.2 Å². The largest absolute Gasteiger partial charge is 0.496 e. The summed E-state index contributed by atoms with van der Waals surface area (Å²) in [5.41, 5.74) is 2.63. The molecule has 2 rings (SSSR count). The van der Waals surface area contributed by atoms with Crippen molar-refractivity contribution in [1.82, 2.24) is 10.2 Å². The molecule has 0 saturated heterocycles. The first kappa shape index (κ1) is 15.3. The number of hydrogen-bond donors (Lipinski definition) is 1. The molecular weight excluding hydrogens is 248 g/mol. The van der Waals surface area contributed by atoms with Gasteiger partial charge in [-0.2, -0.15) is 0 Å².